The van der Waals surface area contributed by atoms with Crippen LogP contribution in [0.25, 0.3) is 6.08 Å². The highest BCUT2D eigenvalue weighted by Crippen LogP contribution is 2.36. The third-order valence-corrected chi connectivity index (χ3v) is 5.24. The van der Waals surface area contributed by atoms with E-state index in [1.165, 1.54) is 48.5 Å². The van der Waals surface area contributed by atoms with E-state index in [-0.39, 0.29) is 39.3 Å². The molecule has 1 N–H and O–H groups in total. The number of benzene rings is 3. The minimum Gasteiger partial charge on any atom is -0.486 e. The number of alkyl halides is 3. The first kappa shape index (κ1) is 26.5. The van der Waals surface area contributed by atoms with Gasteiger partial charge in [0, 0.05) is 17.8 Å². The van der Waals surface area contributed by atoms with E-state index in [4.69, 9.17) is 27.9 Å². The van der Waals surface area contributed by atoms with Gasteiger partial charge >= 0.3 is 6.18 Å². The quantitative estimate of drug-likeness (QED) is 0.151. The maximum absolute atomic E-state index is 12.9. The number of rotatable bonds is 7. The SMILES string of the molecule is N#C/C(=C\c1cc(Cl)c(OCc2ccc([N+](=O)[O-])cc2)c(Cl)c1)C(=O)Nc1cccc(C(F)(F)F)c1. The van der Waals surface area contributed by atoms with Gasteiger partial charge in [0.1, 0.15) is 18.2 Å². The van der Waals surface area contributed by atoms with E-state index in [2.05, 4.69) is 5.32 Å². The van der Waals surface area contributed by atoms with Crippen LogP contribution in [0.15, 0.2) is 66.2 Å². The van der Waals surface area contributed by atoms with Crippen LogP contribution in [0.2, 0.25) is 10.0 Å². The Kier molecular flexibility index (Phi) is 8.19. The van der Waals surface area contributed by atoms with E-state index in [1.54, 1.807) is 6.07 Å². The van der Waals surface area contributed by atoms with Crippen molar-refractivity contribution in [2.24, 2.45) is 0 Å². The molecule has 184 valence electrons. The zero-order valence-corrected chi connectivity index (χ0v) is 19.5. The summed E-state index contributed by atoms with van der Waals surface area (Å²) in [5, 5.41) is 22.5. The summed E-state index contributed by atoms with van der Waals surface area (Å²) in [4.78, 5) is 22.7. The number of nitro groups is 1. The molecule has 0 aromatic heterocycles. The Labute approximate surface area is 212 Å². The van der Waals surface area contributed by atoms with Crippen molar-refractivity contribution in [3.63, 3.8) is 0 Å². The van der Waals surface area contributed by atoms with Crippen LogP contribution in [0.3, 0.4) is 0 Å². The first-order valence-electron chi connectivity index (χ1n) is 9.93. The average molecular weight is 536 g/mol. The third kappa shape index (κ3) is 6.75. The van der Waals surface area contributed by atoms with E-state index in [0.29, 0.717) is 5.56 Å². The lowest BCUT2D eigenvalue weighted by Crippen LogP contribution is -2.14. The van der Waals surface area contributed by atoms with Gasteiger partial charge in [-0.3, -0.25) is 14.9 Å². The molecule has 0 fully saturated rings. The summed E-state index contributed by atoms with van der Waals surface area (Å²) < 4.78 is 44.3. The van der Waals surface area contributed by atoms with Crippen molar-refractivity contribution in [2.45, 2.75) is 12.8 Å². The zero-order valence-electron chi connectivity index (χ0n) is 18.0. The van der Waals surface area contributed by atoms with Crippen molar-refractivity contribution in [3.8, 4) is 11.8 Å². The van der Waals surface area contributed by atoms with Gasteiger partial charge in [-0.05, 0) is 59.7 Å². The minimum atomic E-state index is -4.59. The fourth-order valence-electron chi connectivity index (χ4n) is 2.96. The summed E-state index contributed by atoms with van der Waals surface area (Å²) in [6.45, 7) is 0.00939. The predicted molar refractivity (Wildman–Crippen MR) is 128 cm³/mol. The van der Waals surface area contributed by atoms with Gasteiger partial charge in [0.2, 0.25) is 0 Å². The Bertz CT molecular complexity index is 1360. The fourth-order valence-corrected chi connectivity index (χ4v) is 3.57. The van der Waals surface area contributed by atoms with Crippen LogP contribution in [0.4, 0.5) is 24.5 Å². The Morgan fingerprint density at radius 2 is 1.75 bits per heavy atom. The van der Waals surface area contributed by atoms with E-state index >= 15 is 0 Å². The van der Waals surface area contributed by atoms with E-state index in [0.717, 1.165) is 18.2 Å². The molecule has 3 aromatic rings. The molecule has 12 heteroatoms. The molecule has 0 bridgehead atoms. The highest BCUT2D eigenvalue weighted by atomic mass is 35.5. The number of hydrogen-bond donors (Lipinski definition) is 1. The number of amides is 1. The van der Waals surface area contributed by atoms with Crippen LogP contribution in [-0.4, -0.2) is 10.8 Å². The van der Waals surface area contributed by atoms with Crippen molar-refractivity contribution in [2.75, 3.05) is 5.32 Å². The Morgan fingerprint density at radius 1 is 1.11 bits per heavy atom. The number of hydrogen-bond acceptors (Lipinski definition) is 5. The van der Waals surface area contributed by atoms with Crippen LogP contribution in [0.1, 0.15) is 16.7 Å². The standard InChI is InChI=1S/C24H14Cl2F3N3O4/c25-20-9-15(10-21(26)22(20)36-13-14-4-6-19(7-5-14)32(34)35)8-16(12-30)23(33)31-18-3-1-2-17(11-18)24(27,28)29/h1-11H,13H2,(H,31,33)/b16-8+. The second-order valence-corrected chi connectivity index (χ2v) is 8.04. The Balaban J connectivity index is 1.75. The molecule has 0 aliphatic rings. The molecule has 0 atom stereocenters. The summed E-state index contributed by atoms with van der Waals surface area (Å²) in [7, 11) is 0. The summed E-state index contributed by atoms with van der Waals surface area (Å²) >= 11 is 12.5. The molecule has 0 unspecified atom stereocenters. The first-order valence-corrected chi connectivity index (χ1v) is 10.7. The average Bonchev–Trinajstić information content (AvgIpc) is 2.82. The molecule has 7 nitrogen and oxygen atoms in total. The molecule has 0 saturated carbocycles. The van der Waals surface area contributed by atoms with Crippen LogP contribution in [0, 0.1) is 21.4 Å². The second kappa shape index (κ2) is 11.1. The Morgan fingerprint density at radius 3 is 2.31 bits per heavy atom. The minimum absolute atomic E-state index is 0.00939. The lowest BCUT2D eigenvalue weighted by atomic mass is 10.1. The lowest BCUT2D eigenvalue weighted by molar-refractivity contribution is -0.384. The van der Waals surface area contributed by atoms with Crippen molar-refractivity contribution < 1.29 is 27.6 Å². The van der Waals surface area contributed by atoms with E-state index in [1.807, 2.05) is 0 Å². The van der Waals surface area contributed by atoms with Crippen molar-refractivity contribution in [3.05, 3.63) is 103 Å². The molecule has 36 heavy (non-hydrogen) atoms. The predicted octanol–water partition coefficient (Wildman–Crippen LogP) is 7.05. The molecule has 0 saturated heterocycles. The second-order valence-electron chi connectivity index (χ2n) is 7.23. The van der Waals surface area contributed by atoms with Crippen LogP contribution in [0.5, 0.6) is 5.75 Å². The van der Waals surface area contributed by atoms with Gasteiger partial charge in [-0.15, -0.1) is 0 Å². The lowest BCUT2D eigenvalue weighted by Gasteiger charge is -2.11. The number of nitro benzene ring substituents is 1. The summed E-state index contributed by atoms with van der Waals surface area (Å²) in [6.07, 6.45) is -3.43. The molecule has 3 rings (SSSR count). The molecule has 0 aliphatic carbocycles. The molecular weight excluding hydrogens is 522 g/mol. The number of ether oxygens (including phenoxy) is 1. The number of non-ortho nitro benzene ring substituents is 1. The number of carbonyl (C=O) groups is 1. The van der Waals surface area contributed by atoms with Gasteiger partial charge in [0.15, 0.2) is 5.75 Å². The monoisotopic (exact) mass is 535 g/mol. The van der Waals surface area contributed by atoms with Gasteiger partial charge in [-0.2, -0.15) is 18.4 Å². The molecule has 0 spiro atoms. The van der Waals surface area contributed by atoms with Crippen LogP contribution in [-0.2, 0) is 17.6 Å². The largest absolute Gasteiger partial charge is 0.486 e. The van der Waals surface area contributed by atoms with E-state index in [9.17, 15) is 33.3 Å². The number of anilines is 1. The maximum Gasteiger partial charge on any atom is 0.416 e. The summed E-state index contributed by atoms with van der Waals surface area (Å²) in [5.74, 6) is -0.816. The number of nitrogens with one attached hydrogen (secondary N) is 1. The molecule has 1 amide bonds. The number of nitriles is 1. The highest BCUT2D eigenvalue weighted by Gasteiger charge is 2.30. The van der Waals surface area contributed by atoms with Crippen molar-refractivity contribution in [1.29, 1.82) is 5.26 Å². The van der Waals surface area contributed by atoms with Gasteiger partial charge in [0.25, 0.3) is 11.6 Å². The van der Waals surface area contributed by atoms with Crippen LogP contribution >= 0.6 is 23.2 Å². The number of halogens is 5. The number of carbonyl (C=O) groups excluding carboxylic acids is 1. The first-order chi connectivity index (χ1) is 17.0. The van der Waals surface area contributed by atoms with Gasteiger partial charge < -0.3 is 10.1 Å². The van der Waals surface area contributed by atoms with Gasteiger partial charge in [-0.1, -0.05) is 29.3 Å². The molecule has 0 radical (unpaired) electrons. The normalized spacial score (nSPS) is 11.5. The zero-order chi connectivity index (χ0) is 26.5. The molecule has 3 aromatic carbocycles. The van der Waals surface area contributed by atoms with Crippen LogP contribution < -0.4 is 10.1 Å². The Hall–Kier alpha value is -4.07. The topological polar surface area (TPSA) is 105 Å². The van der Waals surface area contributed by atoms with Gasteiger partial charge in [0.05, 0.1) is 20.5 Å². The van der Waals surface area contributed by atoms with Crippen molar-refractivity contribution in [1.82, 2.24) is 0 Å². The van der Waals surface area contributed by atoms with E-state index < -0.39 is 28.1 Å². The fraction of sp³-hybridized carbons (Fsp3) is 0.0833. The van der Waals surface area contributed by atoms with Crippen molar-refractivity contribution >= 4 is 46.6 Å². The summed E-state index contributed by atoms with van der Waals surface area (Å²) in [5.41, 5.74) is -0.679. The number of nitrogens with zero attached hydrogens (tertiary/aromatic N) is 2. The highest BCUT2D eigenvalue weighted by molar-refractivity contribution is 6.37. The smallest absolute Gasteiger partial charge is 0.416 e. The summed E-state index contributed by atoms with van der Waals surface area (Å²) in [6, 6.07) is 14.1. The molecule has 0 aliphatic heterocycles. The van der Waals surface area contributed by atoms with Gasteiger partial charge in [-0.25, -0.2) is 0 Å². The maximum atomic E-state index is 12.9. The third-order valence-electron chi connectivity index (χ3n) is 4.67. The molecular formula is C24H14Cl2F3N3O4. The molecule has 0 heterocycles.